The van der Waals surface area contributed by atoms with Crippen molar-refractivity contribution in [3.8, 4) is 0 Å². The van der Waals surface area contributed by atoms with Crippen molar-refractivity contribution in [2.45, 2.75) is 26.8 Å². The van der Waals surface area contributed by atoms with Gasteiger partial charge in [-0.15, -0.1) is 0 Å². The summed E-state index contributed by atoms with van der Waals surface area (Å²) in [6.45, 7) is 5.83. The molecule has 0 spiro atoms. The number of anilines is 1. The van der Waals surface area contributed by atoms with Gasteiger partial charge in [0.2, 0.25) is 0 Å². The highest BCUT2D eigenvalue weighted by atomic mass is 32.1. The Hall–Kier alpha value is -1.69. The van der Waals surface area contributed by atoms with Gasteiger partial charge < -0.3 is 10.4 Å². The van der Waals surface area contributed by atoms with Crippen LogP contribution in [0.3, 0.4) is 0 Å². The molecule has 0 fully saturated rings. The van der Waals surface area contributed by atoms with E-state index < -0.39 is 5.97 Å². The number of nitrogens with zero attached hydrogens (tertiary/aromatic N) is 2. The number of fused-ring (bicyclic) bond motifs is 1. The lowest BCUT2D eigenvalue weighted by Gasteiger charge is -2.03. The second-order valence-corrected chi connectivity index (χ2v) is 5.09. The molecule has 0 amide bonds. The zero-order valence-corrected chi connectivity index (χ0v) is 10.6. The van der Waals surface area contributed by atoms with Crippen LogP contribution in [0.25, 0.3) is 10.2 Å². The minimum absolute atomic E-state index is 0.0646. The van der Waals surface area contributed by atoms with Gasteiger partial charge in [0.05, 0.1) is 10.4 Å². The van der Waals surface area contributed by atoms with Crippen LogP contribution < -0.4 is 5.32 Å². The largest absolute Gasteiger partial charge is 0.477 e. The molecule has 0 aliphatic carbocycles. The fourth-order valence-corrected chi connectivity index (χ4v) is 2.60. The van der Waals surface area contributed by atoms with Crippen molar-refractivity contribution in [1.29, 1.82) is 0 Å². The third-order valence-corrected chi connectivity index (χ3v) is 3.12. The van der Waals surface area contributed by atoms with E-state index in [2.05, 4.69) is 15.3 Å². The molecule has 0 radical (unpaired) electrons. The van der Waals surface area contributed by atoms with Crippen molar-refractivity contribution in [1.82, 2.24) is 9.97 Å². The van der Waals surface area contributed by atoms with E-state index in [1.165, 1.54) is 11.3 Å². The van der Waals surface area contributed by atoms with Crippen molar-refractivity contribution in [2.75, 3.05) is 5.32 Å². The van der Waals surface area contributed by atoms with E-state index in [1.54, 1.807) is 13.0 Å². The molecule has 0 bridgehead atoms. The molecule has 6 heteroatoms. The number of hydrogen-bond acceptors (Lipinski definition) is 5. The molecule has 17 heavy (non-hydrogen) atoms. The van der Waals surface area contributed by atoms with E-state index in [4.69, 9.17) is 5.11 Å². The van der Waals surface area contributed by atoms with Crippen molar-refractivity contribution in [2.24, 2.45) is 0 Å². The van der Waals surface area contributed by atoms with Crippen LogP contribution in [-0.2, 0) is 0 Å². The molecule has 5 nitrogen and oxygen atoms in total. The van der Waals surface area contributed by atoms with E-state index in [0.29, 0.717) is 11.7 Å². The molecular weight excluding hydrogens is 238 g/mol. The molecule has 0 unspecified atom stereocenters. The Morgan fingerprint density at radius 1 is 1.47 bits per heavy atom. The van der Waals surface area contributed by atoms with Crippen molar-refractivity contribution in [3.63, 3.8) is 0 Å². The van der Waals surface area contributed by atoms with E-state index >= 15 is 0 Å². The first kappa shape index (κ1) is 11.8. The zero-order valence-electron chi connectivity index (χ0n) is 9.81. The number of nitrogens with one attached hydrogen (secondary N) is 1. The SMILES string of the molecule is Cc1nc(C(=O)O)cc2sc(NC(C)C)nc12. The number of aryl methyl sites for hydroxylation is 1. The maximum atomic E-state index is 10.9. The predicted molar refractivity (Wildman–Crippen MR) is 67.9 cm³/mol. The van der Waals surface area contributed by atoms with Crippen molar-refractivity contribution in [3.05, 3.63) is 17.5 Å². The topological polar surface area (TPSA) is 75.1 Å². The Balaban J connectivity index is 2.52. The molecule has 0 aliphatic heterocycles. The van der Waals surface area contributed by atoms with Crippen molar-refractivity contribution >= 4 is 32.7 Å². The zero-order chi connectivity index (χ0) is 12.6. The molecule has 0 saturated heterocycles. The number of carboxylic acid groups (broad SMARTS) is 1. The van der Waals surface area contributed by atoms with Crippen LogP contribution in [0.15, 0.2) is 6.07 Å². The second kappa shape index (κ2) is 4.29. The van der Waals surface area contributed by atoms with Gasteiger partial charge in [-0.2, -0.15) is 0 Å². The normalized spacial score (nSPS) is 11.1. The number of aromatic nitrogens is 2. The number of carboxylic acids is 1. The molecule has 2 aromatic rings. The first-order chi connectivity index (χ1) is 7.97. The maximum absolute atomic E-state index is 10.9. The second-order valence-electron chi connectivity index (χ2n) is 4.06. The third kappa shape index (κ3) is 2.36. The first-order valence-electron chi connectivity index (χ1n) is 5.25. The van der Waals surface area contributed by atoms with E-state index in [-0.39, 0.29) is 5.69 Å². The molecule has 90 valence electrons. The Morgan fingerprint density at radius 2 is 2.18 bits per heavy atom. The van der Waals surface area contributed by atoms with Crippen LogP contribution >= 0.6 is 11.3 Å². The molecule has 2 rings (SSSR count). The Morgan fingerprint density at radius 3 is 2.76 bits per heavy atom. The highest BCUT2D eigenvalue weighted by Gasteiger charge is 2.13. The molecule has 0 aliphatic rings. The molecule has 0 aromatic carbocycles. The summed E-state index contributed by atoms with van der Waals surface area (Å²) in [5.41, 5.74) is 1.48. The maximum Gasteiger partial charge on any atom is 0.354 e. The van der Waals surface area contributed by atoms with Gasteiger partial charge in [0, 0.05) is 6.04 Å². The summed E-state index contributed by atoms with van der Waals surface area (Å²) in [5.74, 6) is -1.01. The molecule has 0 saturated carbocycles. The fourth-order valence-electron chi connectivity index (χ4n) is 1.50. The molecule has 0 atom stereocenters. The summed E-state index contributed by atoms with van der Waals surface area (Å²) in [5, 5.41) is 12.9. The summed E-state index contributed by atoms with van der Waals surface area (Å²) in [4.78, 5) is 19.3. The minimum atomic E-state index is -1.01. The van der Waals surface area contributed by atoms with E-state index in [0.717, 1.165) is 15.3 Å². The summed E-state index contributed by atoms with van der Waals surface area (Å²) < 4.78 is 0.845. The van der Waals surface area contributed by atoms with Crippen LogP contribution in [0.4, 0.5) is 5.13 Å². The number of hydrogen-bond donors (Lipinski definition) is 2. The molecule has 2 heterocycles. The summed E-state index contributed by atoms with van der Waals surface area (Å²) >= 11 is 1.45. The molecular formula is C11H13N3O2S. The lowest BCUT2D eigenvalue weighted by Crippen LogP contribution is -2.08. The standard InChI is InChI=1S/C11H13N3O2S/c1-5(2)12-11-14-9-6(3)13-7(10(15)16)4-8(9)17-11/h4-5H,1-3H3,(H,12,14)(H,15,16). The first-order valence-corrected chi connectivity index (χ1v) is 6.07. The lowest BCUT2D eigenvalue weighted by molar-refractivity contribution is 0.0690. The van der Waals surface area contributed by atoms with Gasteiger partial charge in [0.15, 0.2) is 5.13 Å². The monoisotopic (exact) mass is 251 g/mol. The summed E-state index contributed by atoms with van der Waals surface area (Å²) in [7, 11) is 0. The predicted octanol–water partition coefficient (Wildman–Crippen LogP) is 2.52. The number of thiazole rings is 1. The van der Waals surface area contributed by atoms with Crippen molar-refractivity contribution < 1.29 is 9.90 Å². The van der Waals surface area contributed by atoms with Crippen LogP contribution in [0.1, 0.15) is 30.0 Å². The van der Waals surface area contributed by atoms with Gasteiger partial charge in [-0.25, -0.2) is 14.8 Å². The number of carbonyl (C=O) groups is 1. The Kier molecular flexibility index (Phi) is 2.97. The average molecular weight is 251 g/mol. The minimum Gasteiger partial charge on any atom is -0.477 e. The summed E-state index contributed by atoms with van der Waals surface area (Å²) in [6.07, 6.45) is 0. The van der Waals surface area contributed by atoms with Gasteiger partial charge in [-0.05, 0) is 26.8 Å². The number of pyridine rings is 1. The van der Waals surface area contributed by atoms with Crippen LogP contribution in [-0.4, -0.2) is 27.1 Å². The molecule has 2 aromatic heterocycles. The fraction of sp³-hybridized carbons (Fsp3) is 0.364. The van der Waals surface area contributed by atoms with Gasteiger partial charge in [0.25, 0.3) is 0 Å². The molecule has 2 N–H and O–H groups in total. The Bertz CT molecular complexity index is 577. The smallest absolute Gasteiger partial charge is 0.354 e. The Labute approximate surface area is 103 Å². The van der Waals surface area contributed by atoms with E-state index in [9.17, 15) is 4.79 Å². The van der Waals surface area contributed by atoms with Crippen LogP contribution in [0, 0.1) is 6.92 Å². The summed E-state index contributed by atoms with van der Waals surface area (Å²) in [6, 6.07) is 1.86. The lowest BCUT2D eigenvalue weighted by atomic mass is 10.3. The number of aromatic carboxylic acids is 1. The van der Waals surface area contributed by atoms with Crippen LogP contribution in [0.2, 0.25) is 0 Å². The van der Waals surface area contributed by atoms with Gasteiger partial charge >= 0.3 is 5.97 Å². The highest BCUT2D eigenvalue weighted by Crippen LogP contribution is 2.28. The average Bonchev–Trinajstić information content (AvgIpc) is 2.59. The number of rotatable bonds is 3. The highest BCUT2D eigenvalue weighted by molar-refractivity contribution is 7.22. The quantitative estimate of drug-likeness (QED) is 0.876. The third-order valence-electron chi connectivity index (χ3n) is 2.18. The van der Waals surface area contributed by atoms with Gasteiger partial charge in [-0.1, -0.05) is 11.3 Å². The van der Waals surface area contributed by atoms with Gasteiger partial charge in [-0.3, -0.25) is 0 Å². The van der Waals surface area contributed by atoms with Gasteiger partial charge in [0.1, 0.15) is 11.2 Å². The van der Waals surface area contributed by atoms with Crippen LogP contribution in [0.5, 0.6) is 0 Å². The van der Waals surface area contributed by atoms with E-state index in [1.807, 2.05) is 13.8 Å².